The minimum Gasteiger partial charge on any atom is -0.383 e. The molecule has 0 aliphatic heterocycles. The average molecular weight is 210 g/mol. The summed E-state index contributed by atoms with van der Waals surface area (Å²) in [5, 5.41) is 0. The molecule has 1 rings (SSSR count). The summed E-state index contributed by atoms with van der Waals surface area (Å²) in [5.41, 5.74) is 6.66. The van der Waals surface area contributed by atoms with Gasteiger partial charge >= 0.3 is 0 Å². The van der Waals surface area contributed by atoms with Crippen molar-refractivity contribution in [3.63, 3.8) is 0 Å². The highest BCUT2D eigenvalue weighted by molar-refractivity contribution is 5.55. The molecular formula is C10H18N4O. The Hall–Kier alpha value is -1.36. The highest BCUT2D eigenvalue weighted by Crippen LogP contribution is 2.19. The Kier molecular flexibility index (Phi) is 4.30. The predicted octanol–water partition coefficient (Wildman–Crippen LogP) is 0.840. The first-order valence-corrected chi connectivity index (χ1v) is 5.01. The number of nitrogens with two attached hydrogens (primary N) is 1. The molecule has 1 heterocycles. The lowest BCUT2D eigenvalue weighted by Gasteiger charge is -2.23. The number of nitrogen functional groups attached to an aromatic ring is 1. The molecule has 0 aliphatic carbocycles. The molecular weight excluding hydrogens is 192 g/mol. The number of hydrogen-bond donors (Lipinski definition) is 1. The first-order valence-electron chi connectivity index (χ1n) is 5.01. The van der Waals surface area contributed by atoms with Crippen LogP contribution in [0.3, 0.4) is 0 Å². The lowest BCUT2D eigenvalue weighted by Crippen LogP contribution is -2.28. The second-order valence-corrected chi connectivity index (χ2v) is 3.28. The van der Waals surface area contributed by atoms with Crippen molar-refractivity contribution in [2.45, 2.75) is 13.8 Å². The monoisotopic (exact) mass is 210 g/mol. The lowest BCUT2D eigenvalue weighted by atomic mass is 10.3. The van der Waals surface area contributed by atoms with E-state index in [9.17, 15) is 0 Å². The van der Waals surface area contributed by atoms with E-state index in [1.54, 1.807) is 7.11 Å². The summed E-state index contributed by atoms with van der Waals surface area (Å²) in [6.07, 6.45) is 1.49. The van der Waals surface area contributed by atoms with Crippen LogP contribution >= 0.6 is 0 Å². The molecule has 0 saturated heterocycles. The Balaban J connectivity index is 2.86. The second kappa shape index (κ2) is 5.50. The molecule has 0 radical (unpaired) electrons. The Morgan fingerprint density at radius 3 is 2.80 bits per heavy atom. The van der Waals surface area contributed by atoms with E-state index < -0.39 is 0 Å². The van der Waals surface area contributed by atoms with Crippen molar-refractivity contribution in [2.75, 3.05) is 37.4 Å². The van der Waals surface area contributed by atoms with Gasteiger partial charge in [-0.2, -0.15) is 0 Å². The van der Waals surface area contributed by atoms with Crippen LogP contribution in [-0.2, 0) is 4.74 Å². The number of anilines is 2. The summed E-state index contributed by atoms with van der Waals surface area (Å²) >= 11 is 0. The molecule has 84 valence electrons. The highest BCUT2D eigenvalue weighted by Gasteiger charge is 2.10. The number of likely N-dealkylation sites (N-methyl/N-ethyl adjacent to an activating group) is 1. The zero-order valence-corrected chi connectivity index (χ0v) is 9.53. The molecule has 1 aromatic rings. The van der Waals surface area contributed by atoms with Crippen molar-refractivity contribution < 1.29 is 4.74 Å². The fourth-order valence-corrected chi connectivity index (χ4v) is 1.39. The molecule has 1 aromatic heterocycles. The predicted molar refractivity (Wildman–Crippen MR) is 60.9 cm³/mol. The van der Waals surface area contributed by atoms with Gasteiger partial charge in [0.05, 0.1) is 6.61 Å². The van der Waals surface area contributed by atoms with E-state index in [0.717, 1.165) is 24.5 Å². The lowest BCUT2D eigenvalue weighted by molar-refractivity contribution is 0.205. The Morgan fingerprint density at radius 1 is 1.47 bits per heavy atom. The average Bonchev–Trinajstić information content (AvgIpc) is 2.25. The normalized spacial score (nSPS) is 10.3. The molecule has 0 bridgehead atoms. The molecule has 0 aromatic carbocycles. The van der Waals surface area contributed by atoms with E-state index >= 15 is 0 Å². The largest absolute Gasteiger partial charge is 0.383 e. The molecule has 0 atom stereocenters. The van der Waals surface area contributed by atoms with Crippen molar-refractivity contribution in [3.8, 4) is 0 Å². The van der Waals surface area contributed by atoms with Crippen LogP contribution in [0.2, 0.25) is 0 Å². The zero-order chi connectivity index (χ0) is 11.3. The smallest absolute Gasteiger partial charge is 0.137 e. The third kappa shape index (κ3) is 2.79. The SMILES string of the molecule is CCN(CCOC)c1ncnc(N)c1C. The topological polar surface area (TPSA) is 64.3 Å². The minimum atomic E-state index is 0.538. The van der Waals surface area contributed by atoms with Gasteiger partial charge in [0.25, 0.3) is 0 Å². The van der Waals surface area contributed by atoms with Crippen LogP contribution in [0, 0.1) is 6.92 Å². The summed E-state index contributed by atoms with van der Waals surface area (Å²) in [6.45, 7) is 6.37. The van der Waals surface area contributed by atoms with Gasteiger partial charge in [-0.15, -0.1) is 0 Å². The maximum absolute atomic E-state index is 5.73. The maximum atomic E-state index is 5.73. The fraction of sp³-hybridized carbons (Fsp3) is 0.600. The first kappa shape index (κ1) is 11.7. The minimum absolute atomic E-state index is 0.538. The van der Waals surface area contributed by atoms with Crippen LogP contribution in [0.4, 0.5) is 11.6 Å². The van der Waals surface area contributed by atoms with Gasteiger partial charge in [-0.05, 0) is 13.8 Å². The number of nitrogens with zero attached hydrogens (tertiary/aromatic N) is 3. The standard InChI is InChI=1S/C10H18N4O/c1-4-14(5-6-15-3)10-8(2)9(11)12-7-13-10/h7H,4-6H2,1-3H3,(H2,11,12,13). The number of hydrogen-bond acceptors (Lipinski definition) is 5. The summed E-state index contributed by atoms with van der Waals surface area (Å²) in [5.74, 6) is 1.43. The van der Waals surface area contributed by atoms with Crippen LogP contribution in [0.1, 0.15) is 12.5 Å². The second-order valence-electron chi connectivity index (χ2n) is 3.28. The van der Waals surface area contributed by atoms with Gasteiger partial charge in [-0.25, -0.2) is 9.97 Å². The first-order chi connectivity index (χ1) is 7.20. The van der Waals surface area contributed by atoms with Crippen LogP contribution in [0.15, 0.2) is 6.33 Å². The van der Waals surface area contributed by atoms with Gasteiger partial charge in [0.2, 0.25) is 0 Å². The molecule has 0 saturated carbocycles. The van der Waals surface area contributed by atoms with E-state index in [1.807, 2.05) is 6.92 Å². The molecule has 2 N–H and O–H groups in total. The van der Waals surface area contributed by atoms with E-state index in [1.165, 1.54) is 6.33 Å². The fourth-order valence-electron chi connectivity index (χ4n) is 1.39. The molecule has 15 heavy (non-hydrogen) atoms. The van der Waals surface area contributed by atoms with E-state index in [-0.39, 0.29) is 0 Å². The number of methoxy groups -OCH3 is 1. The number of ether oxygens (including phenoxy) is 1. The summed E-state index contributed by atoms with van der Waals surface area (Å²) < 4.78 is 5.05. The third-order valence-corrected chi connectivity index (χ3v) is 2.34. The summed E-state index contributed by atoms with van der Waals surface area (Å²) in [4.78, 5) is 10.3. The van der Waals surface area contributed by atoms with Crippen molar-refractivity contribution >= 4 is 11.6 Å². The van der Waals surface area contributed by atoms with E-state index in [4.69, 9.17) is 10.5 Å². The molecule has 5 heteroatoms. The van der Waals surface area contributed by atoms with Crippen molar-refractivity contribution in [3.05, 3.63) is 11.9 Å². The number of rotatable bonds is 5. The van der Waals surface area contributed by atoms with Crippen LogP contribution in [0.25, 0.3) is 0 Å². The Bertz CT molecular complexity index is 316. The Labute approximate surface area is 90.3 Å². The van der Waals surface area contributed by atoms with Crippen LogP contribution < -0.4 is 10.6 Å². The molecule has 0 fully saturated rings. The Morgan fingerprint density at radius 2 is 2.20 bits per heavy atom. The molecule has 0 spiro atoms. The van der Waals surface area contributed by atoms with Crippen LogP contribution in [0.5, 0.6) is 0 Å². The van der Waals surface area contributed by atoms with Crippen molar-refractivity contribution in [2.24, 2.45) is 0 Å². The highest BCUT2D eigenvalue weighted by atomic mass is 16.5. The quantitative estimate of drug-likeness (QED) is 0.780. The van der Waals surface area contributed by atoms with Crippen LogP contribution in [-0.4, -0.2) is 36.8 Å². The van der Waals surface area contributed by atoms with Crippen molar-refractivity contribution in [1.82, 2.24) is 9.97 Å². The maximum Gasteiger partial charge on any atom is 0.137 e. The van der Waals surface area contributed by atoms with Gasteiger partial charge in [0.1, 0.15) is 18.0 Å². The van der Waals surface area contributed by atoms with E-state index in [2.05, 4.69) is 21.8 Å². The van der Waals surface area contributed by atoms with Gasteiger partial charge in [0.15, 0.2) is 0 Å². The third-order valence-electron chi connectivity index (χ3n) is 2.34. The summed E-state index contributed by atoms with van der Waals surface area (Å²) in [6, 6.07) is 0. The molecule has 0 aliphatic rings. The van der Waals surface area contributed by atoms with Gasteiger partial charge in [-0.3, -0.25) is 0 Å². The molecule has 5 nitrogen and oxygen atoms in total. The van der Waals surface area contributed by atoms with Crippen molar-refractivity contribution in [1.29, 1.82) is 0 Å². The summed E-state index contributed by atoms with van der Waals surface area (Å²) in [7, 11) is 1.69. The molecule has 0 amide bonds. The van der Waals surface area contributed by atoms with Gasteiger partial charge in [-0.1, -0.05) is 0 Å². The number of aromatic nitrogens is 2. The van der Waals surface area contributed by atoms with Gasteiger partial charge in [0, 0.05) is 25.8 Å². The molecule has 0 unspecified atom stereocenters. The van der Waals surface area contributed by atoms with Gasteiger partial charge < -0.3 is 15.4 Å². The van der Waals surface area contributed by atoms with E-state index in [0.29, 0.717) is 12.4 Å². The zero-order valence-electron chi connectivity index (χ0n) is 9.53.